The van der Waals surface area contributed by atoms with Crippen molar-refractivity contribution in [3.05, 3.63) is 497 Å². The minimum atomic E-state index is 1.13. The Hall–Kier alpha value is -17.0. The highest BCUT2D eigenvalue weighted by Gasteiger charge is 2.35. The van der Waals surface area contributed by atoms with Gasteiger partial charge in [0.2, 0.25) is 0 Å². The maximum atomic E-state index is 2.41. The summed E-state index contributed by atoms with van der Waals surface area (Å²) in [5.74, 6) is 0. The van der Waals surface area contributed by atoms with Crippen LogP contribution in [-0.2, 0) is 0 Å². The van der Waals surface area contributed by atoms with E-state index < -0.39 is 0 Å². The van der Waals surface area contributed by atoms with E-state index in [-0.39, 0.29) is 0 Å². The Kier molecular flexibility index (Phi) is 18.3. The van der Waals surface area contributed by atoms with E-state index in [2.05, 4.69) is 507 Å². The summed E-state index contributed by atoms with van der Waals surface area (Å²) in [7, 11) is 0. The first-order valence-corrected chi connectivity index (χ1v) is 45.0. The van der Waals surface area contributed by atoms with Crippen LogP contribution in [0.5, 0.6) is 0 Å². The topological polar surface area (TPSA) is 8.17 Å². The van der Waals surface area contributed by atoms with Gasteiger partial charge in [-0.3, -0.25) is 0 Å². The number of para-hydroxylation sites is 4. The fraction of sp³-hybridized carbons (Fsp3) is 0. The fourth-order valence-electron chi connectivity index (χ4n) is 21.7. The molecule has 604 valence electrons. The summed E-state index contributed by atoms with van der Waals surface area (Å²) < 4.78 is 2.39. The van der Waals surface area contributed by atoms with E-state index in [4.69, 9.17) is 0 Å². The molecule has 0 bridgehead atoms. The summed E-state index contributed by atoms with van der Waals surface area (Å²) in [5, 5.41) is 15.6. The van der Waals surface area contributed by atoms with Gasteiger partial charge in [0, 0.05) is 33.5 Å². The standard InChI is InChI=1S/C50H31N.C50H33N.C28H18/c1-4-15-32(16-5-1)46-39-22-10-11-23-40(39)47(33-17-6-2-7-18-33)50-42-29-28-36(38-24-14-25-41(48(38)42)49(46)50)34-27-30-45-43(31-34)37-21-12-13-26-44(37)51(45)35-19-8-3-9-20-35;1-5-16-35(17-6-1)46-42-24-13-14-25-43(42)47(36-18-7-2-8-19-36)50-45-33-32-40(41-26-15-27-44(48(41)45)49(46)50)34-28-30-39(31-29-34)51(37-20-9-3-10-21-37)38-22-11-4-12-23-38;1-3-9-19(10-4-1)22-17-18-23(20-11-5-2-6-12-20)28-25-16-8-14-21-13-7-15-24(26(21)25)27(22)28/h1-31H;1-33H;1-18H. The number of hydrogen-bond donors (Lipinski definition) is 0. The summed E-state index contributed by atoms with van der Waals surface area (Å²) in [6.45, 7) is 0. The van der Waals surface area contributed by atoms with E-state index in [0.717, 1.165) is 17.1 Å². The lowest BCUT2D eigenvalue weighted by atomic mass is 9.82. The van der Waals surface area contributed by atoms with Gasteiger partial charge in [0.15, 0.2) is 0 Å². The van der Waals surface area contributed by atoms with Crippen LogP contribution >= 0.6 is 0 Å². The Bertz CT molecular complexity index is 8240. The number of rotatable bonds is 12. The summed E-state index contributed by atoms with van der Waals surface area (Å²) >= 11 is 0. The first-order chi connectivity index (χ1) is 64.6. The number of benzene rings is 23. The Morgan fingerprint density at radius 1 is 0.138 bits per heavy atom. The number of aromatic nitrogens is 1. The van der Waals surface area contributed by atoms with Gasteiger partial charge in [-0.25, -0.2) is 0 Å². The number of anilines is 3. The Balaban J connectivity index is 0.000000110. The highest BCUT2D eigenvalue weighted by Crippen LogP contribution is 2.62. The molecule has 3 aliphatic rings. The molecule has 24 aromatic rings. The Morgan fingerprint density at radius 2 is 0.415 bits per heavy atom. The van der Waals surface area contributed by atoms with Crippen LogP contribution in [0.2, 0.25) is 0 Å². The van der Waals surface area contributed by atoms with Crippen LogP contribution in [0.3, 0.4) is 0 Å². The molecule has 27 rings (SSSR count). The van der Waals surface area contributed by atoms with E-state index >= 15 is 0 Å². The molecular formula is C128H82N2. The molecule has 0 saturated heterocycles. The van der Waals surface area contributed by atoms with Gasteiger partial charge in [-0.15, -0.1) is 0 Å². The van der Waals surface area contributed by atoms with Gasteiger partial charge < -0.3 is 9.47 Å². The van der Waals surface area contributed by atoms with Crippen LogP contribution in [0, 0.1) is 0 Å². The van der Waals surface area contributed by atoms with Crippen molar-refractivity contribution in [2.24, 2.45) is 0 Å². The molecule has 0 unspecified atom stereocenters. The monoisotopic (exact) mass is 1650 g/mol. The first kappa shape index (κ1) is 75.5. The normalized spacial score (nSPS) is 11.7. The summed E-state index contributed by atoms with van der Waals surface area (Å²) in [6.07, 6.45) is 0. The molecular weight excluding hydrogens is 1570 g/mol. The van der Waals surface area contributed by atoms with Crippen LogP contribution < -0.4 is 4.90 Å². The maximum Gasteiger partial charge on any atom is 0.0541 e. The average Bonchev–Trinajstić information content (AvgIpc) is 1.55. The highest BCUT2D eigenvalue weighted by molar-refractivity contribution is 6.31. The van der Waals surface area contributed by atoms with Crippen molar-refractivity contribution in [1.82, 2.24) is 4.57 Å². The second-order valence-corrected chi connectivity index (χ2v) is 34.2. The predicted molar refractivity (Wildman–Crippen MR) is 553 cm³/mol. The van der Waals surface area contributed by atoms with Gasteiger partial charge in [-0.05, 0) is 276 Å². The van der Waals surface area contributed by atoms with E-state index in [1.807, 2.05) is 0 Å². The largest absolute Gasteiger partial charge is 0.311 e. The van der Waals surface area contributed by atoms with Gasteiger partial charge in [0.1, 0.15) is 0 Å². The molecule has 0 atom stereocenters. The smallest absolute Gasteiger partial charge is 0.0541 e. The van der Waals surface area contributed by atoms with Crippen molar-refractivity contribution >= 4 is 92.7 Å². The zero-order chi connectivity index (χ0) is 85.7. The van der Waals surface area contributed by atoms with Crippen LogP contribution in [-0.4, -0.2) is 4.57 Å². The molecule has 0 fully saturated rings. The molecule has 2 heteroatoms. The molecule has 0 spiro atoms. The zero-order valence-corrected chi connectivity index (χ0v) is 71.2. The van der Waals surface area contributed by atoms with Crippen molar-refractivity contribution < 1.29 is 0 Å². The maximum absolute atomic E-state index is 2.41. The van der Waals surface area contributed by atoms with Gasteiger partial charge in [0.25, 0.3) is 0 Å². The molecule has 0 amide bonds. The molecule has 0 radical (unpaired) electrons. The minimum absolute atomic E-state index is 1.13. The number of fused-ring (bicyclic) bond motifs is 14. The van der Waals surface area contributed by atoms with E-state index in [0.29, 0.717) is 0 Å². The third-order valence-corrected chi connectivity index (χ3v) is 27.1. The number of nitrogens with zero attached hydrogens (tertiary/aromatic N) is 2. The SMILES string of the molecule is c1ccc(-c2c3c(c(-c4ccccc4)c4ccccc24)-c2ccc(-c4ccc(N(c5ccccc5)c5ccccc5)cc4)c4cccc-3c24)cc1.c1ccc(-c2c3c(c(-c4ccccc4)c4ccccc24)-c2ccc(-c4ccc5c(c4)c4ccccc4n5-c4ccccc4)c4cccc-3c24)cc1.c1ccc(-c2ccc(-c3ccccc3)c3c2-c2cccc4cccc-3c24)cc1. The molecule has 130 heavy (non-hydrogen) atoms. The predicted octanol–water partition coefficient (Wildman–Crippen LogP) is 35.7. The highest BCUT2D eigenvalue weighted by atomic mass is 15.1. The van der Waals surface area contributed by atoms with E-state index in [9.17, 15) is 0 Å². The van der Waals surface area contributed by atoms with Gasteiger partial charge in [0.05, 0.1) is 11.0 Å². The van der Waals surface area contributed by atoms with E-state index in [1.54, 1.807) is 0 Å². The molecule has 0 N–H and O–H groups in total. The van der Waals surface area contributed by atoms with Gasteiger partial charge in [-0.1, -0.05) is 431 Å². The Morgan fingerprint density at radius 3 is 0.823 bits per heavy atom. The van der Waals surface area contributed by atoms with Gasteiger partial charge >= 0.3 is 0 Å². The van der Waals surface area contributed by atoms with E-state index in [1.165, 1.54) is 237 Å². The zero-order valence-electron chi connectivity index (χ0n) is 71.2. The first-order valence-electron chi connectivity index (χ1n) is 45.0. The molecule has 2 nitrogen and oxygen atoms in total. The van der Waals surface area contributed by atoms with Crippen molar-refractivity contribution in [3.63, 3.8) is 0 Å². The molecule has 0 aliphatic heterocycles. The van der Waals surface area contributed by atoms with Crippen molar-refractivity contribution in [1.29, 1.82) is 0 Å². The van der Waals surface area contributed by atoms with Crippen molar-refractivity contribution in [2.75, 3.05) is 4.90 Å². The lowest BCUT2D eigenvalue weighted by molar-refractivity contribution is 1.18. The Labute approximate surface area is 755 Å². The molecule has 0 saturated carbocycles. The third-order valence-electron chi connectivity index (χ3n) is 27.1. The molecule has 3 aliphatic carbocycles. The summed E-state index contributed by atoms with van der Waals surface area (Å²) in [4.78, 5) is 2.31. The van der Waals surface area contributed by atoms with Crippen LogP contribution in [0.25, 0.3) is 237 Å². The minimum Gasteiger partial charge on any atom is -0.311 e. The second kappa shape index (κ2) is 31.6. The third kappa shape index (κ3) is 12.3. The molecule has 1 heterocycles. The number of hydrogen-bond acceptors (Lipinski definition) is 1. The quantitative estimate of drug-likeness (QED) is 0.118. The lowest BCUT2D eigenvalue weighted by Crippen LogP contribution is -2.09. The molecule has 1 aromatic heterocycles. The lowest BCUT2D eigenvalue weighted by Gasteiger charge is -2.25. The van der Waals surface area contributed by atoms with Crippen LogP contribution in [0.4, 0.5) is 17.1 Å². The summed E-state index contributed by atoms with van der Waals surface area (Å²) in [6, 6.07) is 181. The molecule has 23 aromatic carbocycles. The fourth-order valence-corrected chi connectivity index (χ4v) is 21.7. The van der Waals surface area contributed by atoms with Crippen LogP contribution in [0.1, 0.15) is 0 Å². The summed E-state index contributed by atoms with van der Waals surface area (Å²) in [5.41, 5.74) is 43.2. The van der Waals surface area contributed by atoms with Crippen molar-refractivity contribution in [2.45, 2.75) is 0 Å². The van der Waals surface area contributed by atoms with Gasteiger partial charge in [-0.2, -0.15) is 0 Å². The average molecular weight is 1650 g/mol. The second-order valence-electron chi connectivity index (χ2n) is 34.2. The van der Waals surface area contributed by atoms with Crippen molar-refractivity contribution in [3.8, 4) is 161 Å². The van der Waals surface area contributed by atoms with Crippen LogP contribution in [0.15, 0.2) is 497 Å².